The largest absolute Gasteiger partial charge is 0.341 e. The predicted octanol–water partition coefficient (Wildman–Crippen LogP) is 8.57. The number of aromatic nitrogens is 1. The summed E-state index contributed by atoms with van der Waals surface area (Å²) in [4.78, 5) is 31.3. The highest BCUT2D eigenvalue weighted by Gasteiger charge is 2.17. The zero-order valence-corrected chi connectivity index (χ0v) is 25.0. The van der Waals surface area contributed by atoms with Crippen molar-refractivity contribution in [3.8, 4) is 0 Å². The molecule has 0 saturated carbocycles. The summed E-state index contributed by atoms with van der Waals surface area (Å²) >= 11 is 5.20. The van der Waals surface area contributed by atoms with Gasteiger partial charge in [0, 0.05) is 73.5 Å². The molecule has 0 fully saturated rings. The monoisotopic (exact) mass is 612 g/mol. The van der Waals surface area contributed by atoms with Gasteiger partial charge in [-0.05, 0) is 74.0 Å². The average molecular weight is 614 g/mol. The fourth-order valence-electron chi connectivity index (χ4n) is 4.91. The number of halogens is 1. The maximum atomic E-state index is 13.4. The Labute approximate surface area is 246 Å². The molecule has 5 rings (SSSR count). The van der Waals surface area contributed by atoms with Crippen molar-refractivity contribution in [1.82, 2.24) is 4.57 Å². The van der Waals surface area contributed by atoms with Crippen LogP contribution in [0.2, 0.25) is 0 Å². The normalized spacial score (nSPS) is 11.8. The van der Waals surface area contributed by atoms with Gasteiger partial charge in [0.15, 0.2) is 5.78 Å². The van der Waals surface area contributed by atoms with Gasteiger partial charge in [-0.15, -0.1) is 11.8 Å². The second kappa shape index (κ2) is 12.2. The van der Waals surface area contributed by atoms with Crippen molar-refractivity contribution in [1.29, 1.82) is 0 Å². The molecular weight excluding hydrogens is 584 g/mol. The van der Waals surface area contributed by atoms with E-state index in [1.807, 2.05) is 67.6 Å². The minimum absolute atomic E-state index is 0.00984. The van der Waals surface area contributed by atoms with Crippen LogP contribution in [0.25, 0.3) is 21.8 Å². The summed E-state index contributed by atoms with van der Waals surface area (Å²) in [5.41, 5.74) is 6.06. The Morgan fingerprint density at radius 1 is 0.900 bits per heavy atom. The first-order valence-electron chi connectivity index (χ1n) is 13.1. The molecule has 0 spiro atoms. The summed E-state index contributed by atoms with van der Waals surface area (Å²) in [6.45, 7) is 6.22. The number of aryl methyl sites for hydroxylation is 2. The first kappa shape index (κ1) is 27.9. The van der Waals surface area contributed by atoms with Crippen molar-refractivity contribution in [2.45, 2.75) is 38.6 Å². The summed E-state index contributed by atoms with van der Waals surface area (Å²) in [5.74, 6) is 0.322. The van der Waals surface area contributed by atoms with E-state index in [1.54, 1.807) is 11.8 Å². The number of hydrogen-bond donors (Lipinski definition) is 0. The first-order valence-corrected chi connectivity index (χ1v) is 14.9. The standard InChI is InChI=1S/C33H29BrN2O3S/c1-4-36-31-15-9-23(30(35-39-22(3)37)17-18-40-26-13-11-25(34)12-14-26)19-28(31)29-20-24(10-16-32(29)36)33(38)27-8-6-5-7-21(27)2/h5-16,19-20H,4,17-18H2,1-3H3/b35-30-. The van der Waals surface area contributed by atoms with Gasteiger partial charge < -0.3 is 9.40 Å². The summed E-state index contributed by atoms with van der Waals surface area (Å²) in [7, 11) is 0. The van der Waals surface area contributed by atoms with Crippen molar-refractivity contribution >= 4 is 67.0 Å². The van der Waals surface area contributed by atoms with Gasteiger partial charge in [-0.1, -0.05) is 51.4 Å². The van der Waals surface area contributed by atoms with Crippen molar-refractivity contribution in [3.63, 3.8) is 0 Å². The molecule has 1 heterocycles. The van der Waals surface area contributed by atoms with Crippen molar-refractivity contribution < 1.29 is 14.4 Å². The van der Waals surface area contributed by atoms with Gasteiger partial charge in [0.2, 0.25) is 0 Å². The number of oxime groups is 1. The van der Waals surface area contributed by atoms with E-state index in [2.05, 4.69) is 56.8 Å². The van der Waals surface area contributed by atoms with Crippen LogP contribution in [-0.2, 0) is 16.2 Å². The van der Waals surface area contributed by atoms with Crippen LogP contribution in [-0.4, -0.2) is 27.8 Å². The smallest absolute Gasteiger partial charge is 0.331 e. The molecule has 5 nitrogen and oxygen atoms in total. The molecule has 0 saturated heterocycles. The van der Waals surface area contributed by atoms with E-state index in [0.29, 0.717) is 23.3 Å². The van der Waals surface area contributed by atoms with E-state index in [-0.39, 0.29) is 5.78 Å². The molecule has 0 unspecified atom stereocenters. The van der Waals surface area contributed by atoms with Gasteiger partial charge in [0.05, 0.1) is 5.71 Å². The van der Waals surface area contributed by atoms with Crippen molar-refractivity contribution in [2.75, 3.05) is 5.75 Å². The topological polar surface area (TPSA) is 60.7 Å². The molecule has 5 aromatic rings. The van der Waals surface area contributed by atoms with E-state index in [4.69, 9.17) is 4.84 Å². The molecule has 0 radical (unpaired) electrons. The Balaban J connectivity index is 1.53. The molecule has 0 N–H and O–H groups in total. The van der Waals surface area contributed by atoms with Gasteiger partial charge in [0.1, 0.15) is 0 Å². The highest BCUT2D eigenvalue weighted by Crippen LogP contribution is 2.32. The van der Waals surface area contributed by atoms with E-state index in [0.717, 1.165) is 54.6 Å². The molecule has 0 bridgehead atoms. The van der Waals surface area contributed by atoms with Gasteiger partial charge in [0.25, 0.3) is 0 Å². The lowest BCUT2D eigenvalue weighted by atomic mass is 9.97. The summed E-state index contributed by atoms with van der Waals surface area (Å²) in [5, 5.41) is 6.27. The minimum Gasteiger partial charge on any atom is -0.341 e. The van der Waals surface area contributed by atoms with E-state index < -0.39 is 5.97 Å². The Morgan fingerprint density at radius 2 is 1.55 bits per heavy atom. The highest BCUT2D eigenvalue weighted by atomic mass is 79.9. The van der Waals surface area contributed by atoms with Gasteiger partial charge in [-0.25, -0.2) is 4.79 Å². The first-order chi connectivity index (χ1) is 19.4. The van der Waals surface area contributed by atoms with Crippen LogP contribution in [0.1, 0.15) is 47.3 Å². The Hall–Kier alpha value is -3.68. The number of hydrogen-bond acceptors (Lipinski definition) is 5. The van der Waals surface area contributed by atoms with Crippen LogP contribution in [0, 0.1) is 6.92 Å². The Bertz CT molecular complexity index is 1760. The number of nitrogens with zero attached hydrogens (tertiary/aromatic N) is 2. The molecule has 4 aromatic carbocycles. The third-order valence-corrected chi connectivity index (χ3v) is 8.41. The second-order valence-electron chi connectivity index (χ2n) is 9.53. The number of fused-ring (bicyclic) bond motifs is 3. The van der Waals surface area contributed by atoms with Gasteiger partial charge in [-0.2, -0.15) is 0 Å². The predicted molar refractivity (Wildman–Crippen MR) is 168 cm³/mol. The maximum absolute atomic E-state index is 13.4. The van der Waals surface area contributed by atoms with E-state index >= 15 is 0 Å². The zero-order chi connectivity index (χ0) is 28.2. The second-order valence-corrected chi connectivity index (χ2v) is 11.6. The molecule has 0 aliphatic heterocycles. The van der Waals surface area contributed by atoms with Crippen LogP contribution in [0.5, 0.6) is 0 Å². The summed E-state index contributed by atoms with van der Waals surface area (Å²) in [6, 6.07) is 28.0. The van der Waals surface area contributed by atoms with E-state index in [1.165, 1.54) is 6.92 Å². The summed E-state index contributed by atoms with van der Waals surface area (Å²) < 4.78 is 3.29. The number of ketones is 1. The Morgan fingerprint density at radius 3 is 2.20 bits per heavy atom. The lowest BCUT2D eigenvalue weighted by Crippen LogP contribution is -2.06. The van der Waals surface area contributed by atoms with E-state index in [9.17, 15) is 9.59 Å². The van der Waals surface area contributed by atoms with Crippen molar-refractivity contribution in [2.24, 2.45) is 5.16 Å². The molecular formula is C33H29BrN2O3S. The lowest BCUT2D eigenvalue weighted by molar-refractivity contribution is -0.140. The number of rotatable bonds is 9. The van der Waals surface area contributed by atoms with Crippen LogP contribution in [0.15, 0.2) is 99.5 Å². The van der Waals surface area contributed by atoms with Crippen LogP contribution in [0.3, 0.4) is 0 Å². The van der Waals surface area contributed by atoms with Crippen molar-refractivity contribution in [3.05, 3.63) is 112 Å². The lowest BCUT2D eigenvalue weighted by Gasteiger charge is -2.08. The third kappa shape index (κ3) is 5.91. The molecule has 202 valence electrons. The highest BCUT2D eigenvalue weighted by molar-refractivity contribution is 9.10. The molecule has 1 aromatic heterocycles. The molecule has 7 heteroatoms. The van der Waals surface area contributed by atoms with Gasteiger partial charge in [-0.3, -0.25) is 4.79 Å². The van der Waals surface area contributed by atoms with Crippen LogP contribution in [0.4, 0.5) is 0 Å². The maximum Gasteiger partial charge on any atom is 0.331 e. The van der Waals surface area contributed by atoms with Crippen LogP contribution >= 0.6 is 27.7 Å². The minimum atomic E-state index is -0.457. The molecule has 0 aliphatic carbocycles. The number of thioether (sulfide) groups is 1. The number of carbonyl (C=O) groups is 2. The van der Waals surface area contributed by atoms with Gasteiger partial charge >= 0.3 is 5.97 Å². The number of benzene rings is 4. The number of carbonyl (C=O) groups excluding carboxylic acids is 2. The quantitative estimate of drug-likeness (QED) is 0.0550. The Kier molecular flexibility index (Phi) is 8.52. The molecule has 0 atom stereocenters. The fraction of sp³-hybridized carbons (Fsp3) is 0.182. The summed E-state index contributed by atoms with van der Waals surface area (Å²) in [6.07, 6.45) is 0.614. The average Bonchev–Trinajstić information content (AvgIpc) is 3.27. The zero-order valence-electron chi connectivity index (χ0n) is 22.6. The molecule has 40 heavy (non-hydrogen) atoms. The fourth-order valence-corrected chi connectivity index (χ4v) is 6.03. The molecule has 0 amide bonds. The third-order valence-electron chi connectivity index (χ3n) is 6.87. The molecule has 0 aliphatic rings. The SMILES string of the molecule is CCn1c2ccc(C(=O)c3ccccc3C)cc2c2cc(/C(CCSc3ccc(Br)cc3)=N\OC(C)=O)ccc21. The van der Waals surface area contributed by atoms with Crippen LogP contribution < -0.4 is 0 Å².